The average molecular weight is 301 g/mol. The molecule has 1 aliphatic carbocycles. The van der Waals surface area contributed by atoms with Crippen LogP contribution in [0.2, 0.25) is 0 Å². The molecule has 1 amide bonds. The van der Waals surface area contributed by atoms with E-state index < -0.39 is 0 Å². The highest BCUT2D eigenvalue weighted by atomic mass is 16.3. The summed E-state index contributed by atoms with van der Waals surface area (Å²) >= 11 is 0. The van der Waals surface area contributed by atoms with E-state index in [1.54, 1.807) is 6.33 Å². The molecule has 2 aromatic rings. The number of benzene rings is 1. The molecule has 1 saturated carbocycles. The van der Waals surface area contributed by atoms with Crippen LogP contribution in [0, 0.1) is 5.92 Å². The molecule has 2 atom stereocenters. The Morgan fingerprint density at radius 1 is 1.36 bits per heavy atom. The molecular formula is C17H23N3O2. The van der Waals surface area contributed by atoms with Gasteiger partial charge in [-0.1, -0.05) is 19.3 Å². The summed E-state index contributed by atoms with van der Waals surface area (Å²) in [5.74, 6) is 0.0999. The highest BCUT2D eigenvalue weighted by Gasteiger charge is 2.25. The zero-order valence-corrected chi connectivity index (χ0v) is 13.0. The molecule has 1 aromatic heterocycles. The second-order valence-electron chi connectivity index (χ2n) is 6.22. The summed E-state index contributed by atoms with van der Waals surface area (Å²) in [5, 5.41) is 12.7. The van der Waals surface area contributed by atoms with E-state index in [9.17, 15) is 9.90 Å². The number of aliphatic hydroxyl groups is 1. The number of aliphatic hydroxyl groups excluding tert-OH is 1. The maximum Gasteiger partial charge on any atom is 0.251 e. The molecule has 0 radical (unpaired) electrons. The summed E-state index contributed by atoms with van der Waals surface area (Å²) in [4.78, 5) is 16.8. The third-order valence-electron chi connectivity index (χ3n) is 4.70. The number of nitrogens with one attached hydrogen (secondary N) is 1. The van der Waals surface area contributed by atoms with E-state index >= 15 is 0 Å². The first-order valence-corrected chi connectivity index (χ1v) is 8.02. The van der Waals surface area contributed by atoms with E-state index in [1.807, 2.05) is 29.8 Å². The standard InChI is InChI=1S/C17H23N3O2/c1-20-11-18-15-9-12(7-8-16(15)20)17(22)19-14-6-4-2-3-5-13(14)10-21/h7-9,11,13-14,21H,2-6,10H2,1H3,(H,19,22). The highest BCUT2D eigenvalue weighted by Crippen LogP contribution is 2.23. The van der Waals surface area contributed by atoms with Gasteiger partial charge in [-0.15, -0.1) is 0 Å². The number of aromatic nitrogens is 2. The Kier molecular flexibility index (Phi) is 4.43. The van der Waals surface area contributed by atoms with Gasteiger partial charge in [-0.2, -0.15) is 0 Å². The molecule has 5 nitrogen and oxygen atoms in total. The van der Waals surface area contributed by atoms with Gasteiger partial charge in [0.05, 0.1) is 17.4 Å². The van der Waals surface area contributed by atoms with Crippen molar-refractivity contribution in [1.82, 2.24) is 14.9 Å². The van der Waals surface area contributed by atoms with Gasteiger partial charge in [-0.25, -0.2) is 4.98 Å². The highest BCUT2D eigenvalue weighted by molar-refractivity contribution is 5.97. The minimum Gasteiger partial charge on any atom is -0.396 e. The second kappa shape index (κ2) is 6.48. The number of hydrogen-bond acceptors (Lipinski definition) is 3. The average Bonchev–Trinajstić information content (AvgIpc) is 2.76. The van der Waals surface area contributed by atoms with Crippen LogP contribution < -0.4 is 5.32 Å². The fourth-order valence-corrected chi connectivity index (χ4v) is 3.32. The largest absolute Gasteiger partial charge is 0.396 e. The Bertz CT molecular complexity index is 665. The molecule has 1 fully saturated rings. The first kappa shape index (κ1) is 15.0. The van der Waals surface area contributed by atoms with Crippen molar-refractivity contribution in [2.45, 2.75) is 38.1 Å². The van der Waals surface area contributed by atoms with Gasteiger partial charge in [0.15, 0.2) is 0 Å². The maximum absolute atomic E-state index is 12.5. The molecule has 0 aliphatic heterocycles. The van der Waals surface area contributed by atoms with E-state index in [2.05, 4.69) is 10.3 Å². The molecule has 0 bridgehead atoms. The molecule has 5 heteroatoms. The summed E-state index contributed by atoms with van der Waals surface area (Å²) in [6.07, 6.45) is 7.12. The SMILES string of the molecule is Cn1cnc2cc(C(=O)NC3CCCCCC3CO)ccc21. The predicted octanol–water partition coefficient (Wildman–Crippen LogP) is 2.24. The normalized spacial score (nSPS) is 22.5. The molecule has 22 heavy (non-hydrogen) atoms. The van der Waals surface area contributed by atoms with Gasteiger partial charge in [0, 0.05) is 31.2 Å². The lowest BCUT2D eigenvalue weighted by atomic mass is 9.95. The van der Waals surface area contributed by atoms with Gasteiger partial charge in [-0.3, -0.25) is 4.79 Å². The van der Waals surface area contributed by atoms with Crippen LogP contribution >= 0.6 is 0 Å². The lowest BCUT2D eigenvalue weighted by Crippen LogP contribution is -2.41. The molecular weight excluding hydrogens is 278 g/mol. The Morgan fingerprint density at radius 3 is 3.00 bits per heavy atom. The fourth-order valence-electron chi connectivity index (χ4n) is 3.32. The first-order chi connectivity index (χ1) is 10.7. The lowest BCUT2D eigenvalue weighted by molar-refractivity contribution is 0.0899. The third kappa shape index (κ3) is 2.99. The Hall–Kier alpha value is -1.88. The topological polar surface area (TPSA) is 67.2 Å². The summed E-state index contributed by atoms with van der Waals surface area (Å²) in [7, 11) is 1.94. The molecule has 3 rings (SSSR count). The van der Waals surface area contributed by atoms with Gasteiger partial charge < -0.3 is 15.0 Å². The van der Waals surface area contributed by atoms with Crippen LogP contribution in [0.25, 0.3) is 11.0 Å². The Labute approximate surface area is 130 Å². The number of amides is 1. The van der Waals surface area contributed by atoms with Gasteiger partial charge in [0.25, 0.3) is 5.91 Å². The number of hydrogen-bond donors (Lipinski definition) is 2. The van der Waals surface area contributed by atoms with E-state index in [-0.39, 0.29) is 24.5 Å². The number of imidazole rings is 1. The molecule has 1 aliphatic rings. The van der Waals surface area contributed by atoms with E-state index in [0.717, 1.165) is 36.7 Å². The predicted molar refractivity (Wildman–Crippen MR) is 85.6 cm³/mol. The summed E-state index contributed by atoms with van der Waals surface area (Å²) in [5.41, 5.74) is 2.47. The van der Waals surface area contributed by atoms with E-state index in [4.69, 9.17) is 0 Å². The summed E-state index contributed by atoms with van der Waals surface area (Å²) in [6, 6.07) is 5.66. The van der Waals surface area contributed by atoms with Crippen LogP contribution in [-0.2, 0) is 7.05 Å². The molecule has 2 unspecified atom stereocenters. The molecule has 1 heterocycles. The molecule has 2 N–H and O–H groups in total. The zero-order chi connectivity index (χ0) is 15.5. The van der Waals surface area contributed by atoms with Crippen molar-refractivity contribution in [3.63, 3.8) is 0 Å². The van der Waals surface area contributed by atoms with Gasteiger partial charge in [-0.05, 0) is 31.0 Å². The first-order valence-electron chi connectivity index (χ1n) is 8.02. The van der Waals surface area contributed by atoms with E-state index in [0.29, 0.717) is 5.56 Å². The molecule has 0 spiro atoms. The van der Waals surface area contributed by atoms with Crippen LogP contribution in [0.15, 0.2) is 24.5 Å². The van der Waals surface area contributed by atoms with Crippen LogP contribution in [-0.4, -0.2) is 33.2 Å². The van der Waals surface area contributed by atoms with Gasteiger partial charge in [0.1, 0.15) is 0 Å². The summed E-state index contributed by atoms with van der Waals surface area (Å²) < 4.78 is 1.93. The van der Waals surface area contributed by atoms with Crippen LogP contribution in [0.5, 0.6) is 0 Å². The minimum absolute atomic E-state index is 0.0689. The van der Waals surface area contributed by atoms with Crippen LogP contribution in [0.1, 0.15) is 42.5 Å². The third-order valence-corrected chi connectivity index (χ3v) is 4.70. The van der Waals surface area contributed by atoms with Crippen LogP contribution in [0.4, 0.5) is 0 Å². The monoisotopic (exact) mass is 301 g/mol. The van der Waals surface area contributed by atoms with Crippen molar-refractivity contribution >= 4 is 16.9 Å². The van der Waals surface area contributed by atoms with Crippen molar-refractivity contribution in [3.05, 3.63) is 30.1 Å². The van der Waals surface area contributed by atoms with Crippen molar-refractivity contribution in [2.24, 2.45) is 13.0 Å². The van der Waals surface area contributed by atoms with Crippen LogP contribution in [0.3, 0.4) is 0 Å². The number of carbonyl (C=O) groups excluding carboxylic acids is 1. The number of aryl methyl sites for hydroxylation is 1. The Morgan fingerprint density at radius 2 is 2.18 bits per heavy atom. The Balaban J connectivity index is 1.76. The van der Waals surface area contributed by atoms with Gasteiger partial charge >= 0.3 is 0 Å². The number of nitrogens with zero attached hydrogens (tertiary/aromatic N) is 2. The second-order valence-corrected chi connectivity index (χ2v) is 6.22. The number of rotatable bonds is 3. The quantitative estimate of drug-likeness (QED) is 0.854. The van der Waals surface area contributed by atoms with Crippen molar-refractivity contribution in [2.75, 3.05) is 6.61 Å². The fraction of sp³-hybridized carbons (Fsp3) is 0.529. The smallest absolute Gasteiger partial charge is 0.251 e. The van der Waals surface area contributed by atoms with Gasteiger partial charge in [0.2, 0.25) is 0 Å². The molecule has 1 aromatic carbocycles. The lowest BCUT2D eigenvalue weighted by Gasteiger charge is -2.24. The number of carbonyl (C=O) groups is 1. The number of fused-ring (bicyclic) bond motifs is 1. The minimum atomic E-state index is -0.0714. The van der Waals surface area contributed by atoms with Crippen molar-refractivity contribution < 1.29 is 9.90 Å². The molecule has 0 saturated heterocycles. The molecule has 118 valence electrons. The van der Waals surface area contributed by atoms with E-state index in [1.165, 1.54) is 6.42 Å². The van der Waals surface area contributed by atoms with Crippen molar-refractivity contribution in [1.29, 1.82) is 0 Å². The maximum atomic E-state index is 12.5. The van der Waals surface area contributed by atoms with Crippen molar-refractivity contribution in [3.8, 4) is 0 Å². The summed E-state index contributed by atoms with van der Waals surface area (Å²) in [6.45, 7) is 0.143. The zero-order valence-electron chi connectivity index (χ0n) is 13.0.